The van der Waals surface area contributed by atoms with E-state index in [0.29, 0.717) is 16.4 Å². The van der Waals surface area contributed by atoms with E-state index in [9.17, 15) is 4.39 Å². The normalized spacial score (nSPS) is 10.8. The zero-order valence-electron chi connectivity index (χ0n) is 10.7. The number of rotatable bonds is 2. The summed E-state index contributed by atoms with van der Waals surface area (Å²) in [6.45, 7) is 0. The number of nitrogens with two attached hydrogens (primary N) is 1. The summed E-state index contributed by atoms with van der Waals surface area (Å²) in [4.78, 5) is 4.26. The fourth-order valence-corrected chi connectivity index (χ4v) is 2.58. The highest BCUT2D eigenvalue weighted by molar-refractivity contribution is 9.10. The number of hydrogen-bond donors (Lipinski definition) is 2. The van der Waals surface area contributed by atoms with Gasteiger partial charge in [0.05, 0.1) is 28.8 Å². The maximum absolute atomic E-state index is 13.9. The van der Waals surface area contributed by atoms with Gasteiger partial charge in [0.2, 0.25) is 0 Å². The SMILES string of the molecule is Nc1cnc2ccc(Br)cc2c1Nc1cc(Cl)ccc1F. The standard InChI is InChI=1S/C15H10BrClFN3/c16-8-1-4-13-10(5-8)15(12(19)7-20-13)21-14-6-9(17)2-3-11(14)18/h1-7H,19H2,(H,20,21). The maximum atomic E-state index is 13.9. The molecule has 3 nitrogen and oxygen atoms in total. The lowest BCUT2D eigenvalue weighted by Crippen LogP contribution is -2.00. The first kappa shape index (κ1) is 14.1. The van der Waals surface area contributed by atoms with E-state index in [0.717, 1.165) is 15.4 Å². The van der Waals surface area contributed by atoms with Crippen molar-refractivity contribution in [2.45, 2.75) is 0 Å². The van der Waals surface area contributed by atoms with E-state index < -0.39 is 5.82 Å². The van der Waals surface area contributed by atoms with Crippen LogP contribution in [0.25, 0.3) is 10.9 Å². The Bertz CT molecular complexity index is 833. The number of nitrogen functional groups attached to an aromatic ring is 1. The fraction of sp³-hybridized carbons (Fsp3) is 0. The first-order valence-electron chi connectivity index (χ1n) is 6.10. The number of nitrogens with one attached hydrogen (secondary N) is 1. The molecule has 2 aromatic carbocycles. The second kappa shape index (κ2) is 5.50. The highest BCUT2D eigenvalue weighted by Gasteiger charge is 2.10. The van der Waals surface area contributed by atoms with Crippen LogP contribution in [-0.4, -0.2) is 4.98 Å². The van der Waals surface area contributed by atoms with Crippen LogP contribution in [0.1, 0.15) is 0 Å². The lowest BCUT2D eigenvalue weighted by molar-refractivity contribution is 0.632. The second-order valence-electron chi connectivity index (χ2n) is 4.50. The van der Waals surface area contributed by atoms with E-state index in [1.807, 2.05) is 18.2 Å². The van der Waals surface area contributed by atoms with Crippen molar-refractivity contribution in [3.63, 3.8) is 0 Å². The van der Waals surface area contributed by atoms with Crippen LogP contribution < -0.4 is 11.1 Å². The Morgan fingerprint density at radius 1 is 1.19 bits per heavy atom. The van der Waals surface area contributed by atoms with E-state index >= 15 is 0 Å². The van der Waals surface area contributed by atoms with Crippen molar-refractivity contribution >= 4 is 55.5 Å². The molecule has 0 aliphatic heterocycles. The Labute approximate surface area is 134 Å². The summed E-state index contributed by atoms with van der Waals surface area (Å²) in [6.07, 6.45) is 1.54. The van der Waals surface area contributed by atoms with Crippen molar-refractivity contribution in [2.75, 3.05) is 11.1 Å². The summed E-state index contributed by atoms with van der Waals surface area (Å²) >= 11 is 9.32. The molecule has 0 saturated carbocycles. The third-order valence-corrected chi connectivity index (χ3v) is 3.78. The molecule has 0 fully saturated rings. The van der Waals surface area contributed by atoms with Gasteiger partial charge < -0.3 is 11.1 Å². The van der Waals surface area contributed by atoms with Crippen molar-refractivity contribution in [1.29, 1.82) is 0 Å². The summed E-state index contributed by atoms with van der Waals surface area (Å²) in [5, 5.41) is 4.24. The average Bonchev–Trinajstić information content (AvgIpc) is 2.46. The van der Waals surface area contributed by atoms with E-state index in [-0.39, 0.29) is 5.69 Å². The Balaban J connectivity index is 2.17. The molecule has 0 amide bonds. The molecule has 0 unspecified atom stereocenters. The number of fused-ring (bicyclic) bond motifs is 1. The maximum Gasteiger partial charge on any atom is 0.146 e. The Hall–Kier alpha value is -1.85. The van der Waals surface area contributed by atoms with Crippen molar-refractivity contribution in [2.24, 2.45) is 0 Å². The van der Waals surface area contributed by atoms with Gasteiger partial charge >= 0.3 is 0 Å². The minimum Gasteiger partial charge on any atom is -0.396 e. The minimum absolute atomic E-state index is 0.265. The van der Waals surface area contributed by atoms with Crippen molar-refractivity contribution in [3.05, 3.63) is 57.9 Å². The topological polar surface area (TPSA) is 50.9 Å². The van der Waals surface area contributed by atoms with Crippen LogP contribution in [0.4, 0.5) is 21.5 Å². The summed E-state index contributed by atoms with van der Waals surface area (Å²) in [7, 11) is 0. The van der Waals surface area contributed by atoms with Gasteiger partial charge in [-0.1, -0.05) is 27.5 Å². The van der Waals surface area contributed by atoms with Crippen LogP contribution in [0.5, 0.6) is 0 Å². The molecule has 21 heavy (non-hydrogen) atoms. The van der Waals surface area contributed by atoms with Gasteiger partial charge in [-0.15, -0.1) is 0 Å². The predicted molar refractivity (Wildman–Crippen MR) is 88.5 cm³/mol. The number of aromatic nitrogens is 1. The molecule has 0 atom stereocenters. The van der Waals surface area contributed by atoms with Crippen molar-refractivity contribution < 1.29 is 4.39 Å². The molecular formula is C15H10BrClFN3. The van der Waals surface area contributed by atoms with Crippen molar-refractivity contribution in [3.8, 4) is 0 Å². The van der Waals surface area contributed by atoms with Gasteiger partial charge in [0.25, 0.3) is 0 Å². The largest absolute Gasteiger partial charge is 0.396 e. The average molecular weight is 367 g/mol. The first-order valence-corrected chi connectivity index (χ1v) is 7.27. The number of anilines is 3. The van der Waals surface area contributed by atoms with E-state index in [1.54, 1.807) is 6.20 Å². The Morgan fingerprint density at radius 3 is 2.81 bits per heavy atom. The zero-order valence-corrected chi connectivity index (χ0v) is 13.0. The van der Waals surface area contributed by atoms with E-state index in [1.165, 1.54) is 18.2 Å². The molecule has 106 valence electrons. The second-order valence-corrected chi connectivity index (χ2v) is 5.85. The van der Waals surface area contributed by atoms with Gasteiger partial charge in [0, 0.05) is 14.9 Å². The number of benzene rings is 2. The molecule has 1 heterocycles. The summed E-state index contributed by atoms with van der Waals surface area (Å²) < 4.78 is 14.8. The first-order chi connectivity index (χ1) is 10.0. The molecule has 3 N–H and O–H groups in total. The third kappa shape index (κ3) is 2.80. The lowest BCUT2D eigenvalue weighted by atomic mass is 10.1. The van der Waals surface area contributed by atoms with Gasteiger partial charge in [-0.25, -0.2) is 4.39 Å². The number of hydrogen-bond acceptors (Lipinski definition) is 3. The predicted octanol–water partition coefficient (Wildman–Crippen LogP) is 5.12. The molecule has 0 radical (unpaired) electrons. The highest BCUT2D eigenvalue weighted by Crippen LogP contribution is 2.33. The molecule has 1 aromatic heterocycles. The third-order valence-electron chi connectivity index (χ3n) is 3.05. The smallest absolute Gasteiger partial charge is 0.146 e. The van der Waals surface area contributed by atoms with Crippen LogP contribution in [0.3, 0.4) is 0 Å². The molecule has 0 bridgehead atoms. The minimum atomic E-state index is -0.404. The van der Waals surface area contributed by atoms with Crippen LogP contribution in [-0.2, 0) is 0 Å². The zero-order chi connectivity index (χ0) is 15.0. The van der Waals surface area contributed by atoms with Gasteiger partial charge in [-0.2, -0.15) is 0 Å². The molecular weight excluding hydrogens is 357 g/mol. The Morgan fingerprint density at radius 2 is 2.00 bits per heavy atom. The molecule has 3 aromatic rings. The summed E-state index contributed by atoms with van der Waals surface area (Å²) in [5.74, 6) is -0.404. The number of pyridine rings is 1. The Kier molecular flexibility index (Phi) is 3.69. The van der Waals surface area contributed by atoms with Gasteiger partial charge in [-0.05, 0) is 36.4 Å². The molecule has 0 spiro atoms. The van der Waals surface area contributed by atoms with Crippen molar-refractivity contribution in [1.82, 2.24) is 4.98 Å². The summed E-state index contributed by atoms with van der Waals surface area (Å²) in [6, 6.07) is 9.94. The lowest BCUT2D eigenvalue weighted by Gasteiger charge is -2.13. The number of nitrogens with zero attached hydrogens (tertiary/aromatic N) is 1. The quantitative estimate of drug-likeness (QED) is 0.662. The number of halogens is 3. The van der Waals surface area contributed by atoms with Crippen LogP contribution in [0, 0.1) is 5.82 Å². The molecule has 6 heteroatoms. The molecule has 3 rings (SSSR count). The highest BCUT2D eigenvalue weighted by atomic mass is 79.9. The van der Waals surface area contributed by atoms with Crippen LogP contribution in [0.2, 0.25) is 5.02 Å². The monoisotopic (exact) mass is 365 g/mol. The molecule has 0 aliphatic rings. The molecule has 0 saturated heterocycles. The van der Waals surface area contributed by atoms with Gasteiger partial charge in [0.15, 0.2) is 0 Å². The fourth-order valence-electron chi connectivity index (χ4n) is 2.05. The van der Waals surface area contributed by atoms with Gasteiger partial charge in [-0.3, -0.25) is 4.98 Å². The molecule has 0 aliphatic carbocycles. The van der Waals surface area contributed by atoms with Crippen LogP contribution in [0.15, 0.2) is 47.1 Å². The van der Waals surface area contributed by atoms with E-state index in [4.69, 9.17) is 17.3 Å². The van der Waals surface area contributed by atoms with Gasteiger partial charge in [0.1, 0.15) is 5.82 Å². The summed E-state index contributed by atoms with van der Waals surface area (Å²) in [5.41, 5.74) is 8.03. The van der Waals surface area contributed by atoms with E-state index in [2.05, 4.69) is 26.2 Å². The van der Waals surface area contributed by atoms with Crippen LogP contribution >= 0.6 is 27.5 Å².